The first-order chi connectivity index (χ1) is 10.6. The zero-order chi connectivity index (χ0) is 15.3. The van der Waals surface area contributed by atoms with Crippen LogP contribution in [0.2, 0.25) is 0 Å². The minimum atomic E-state index is 0.0947. The fourth-order valence-corrected chi connectivity index (χ4v) is 4.77. The highest BCUT2D eigenvalue weighted by Crippen LogP contribution is 2.46. The maximum Gasteiger partial charge on any atom is 0.201 e. The number of fused-ring (bicyclic) bond motifs is 3. The first-order valence-corrected chi connectivity index (χ1v) is 8.60. The maximum atomic E-state index is 12.7. The molecule has 2 unspecified atom stereocenters. The van der Waals surface area contributed by atoms with Gasteiger partial charge in [-0.1, -0.05) is 41.6 Å². The van der Waals surface area contributed by atoms with Crippen molar-refractivity contribution in [3.63, 3.8) is 0 Å². The van der Waals surface area contributed by atoms with Crippen LogP contribution in [0.1, 0.15) is 31.7 Å². The molecular formula is C19H18O2S. The summed E-state index contributed by atoms with van der Waals surface area (Å²) in [5.74, 6) is 0.586. The highest BCUT2D eigenvalue weighted by molar-refractivity contribution is 8.00. The molecule has 4 rings (SSSR count). The Balaban J connectivity index is 1.81. The Labute approximate surface area is 133 Å². The fourth-order valence-electron chi connectivity index (χ4n) is 3.43. The van der Waals surface area contributed by atoms with Gasteiger partial charge in [0.2, 0.25) is 5.43 Å². The van der Waals surface area contributed by atoms with Crippen LogP contribution in [0.3, 0.4) is 0 Å². The average molecular weight is 310 g/mol. The normalized spacial score (nSPS) is 23.6. The minimum absolute atomic E-state index is 0.0947. The molecular weight excluding hydrogens is 292 g/mol. The molecule has 0 amide bonds. The number of hydrogen-bond acceptors (Lipinski definition) is 3. The van der Waals surface area contributed by atoms with Gasteiger partial charge in [-0.15, -0.1) is 0 Å². The molecule has 1 aliphatic carbocycles. The molecule has 3 heteroatoms. The van der Waals surface area contributed by atoms with Crippen molar-refractivity contribution in [2.75, 3.05) is 0 Å². The van der Waals surface area contributed by atoms with Gasteiger partial charge >= 0.3 is 0 Å². The Kier molecular flexibility index (Phi) is 3.26. The smallest absolute Gasteiger partial charge is 0.201 e. The Hall–Kier alpha value is -1.74. The Bertz CT molecular complexity index is 859. The van der Waals surface area contributed by atoms with Gasteiger partial charge in [-0.25, -0.2) is 0 Å². The van der Waals surface area contributed by atoms with Gasteiger partial charge in [0.15, 0.2) is 5.09 Å². The number of allylic oxidation sites excluding steroid dienone is 1. The van der Waals surface area contributed by atoms with E-state index in [4.69, 9.17) is 4.42 Å². The number of rotatable bonds is 1. The van der Waals surface area contributed by atoms with Crippen molar-refractivity contribution in [3.8, 4) is 0 Å². The third-order valence-corrected chi connectivity index (χ3v) is 6.07. The van der Waals surface area contributed by atoms with Crippen molar-refractivity contribution in [2.24, 2.45) is 5.92 Å². The second kappa shape index (κ2) is 5.17. The van der Waals surface area contributed by atoms with Gasteiger partial charge in [-0.3, -0.25) is 4.79 Å². The van der Waals surface area contributed by atoms with Crippen molar-refractivity contribution in [3.05, 3.63) is 57.8 Å². The van der Waals surface area contributed by atoms with E-state index in [1.165, 1.54) is 11.1 Å². The number of para-hydroxylation sites is 1. The second-order valence-electron chi connectivity index (χ2n) is 6.27. The molecule has 112 valence electrons. The van der Waals surface area contributed by atoms with Gasteiger partial charge in [0.25, 0.3) is 0 Å². The van der Waals surface area contributed by atoms with Crippen molar-refractivity contribution >= 4 is 28.8 Å². The molecule has 2 aromatic rings. The summed E-state index contributed by atoms with van der Waals surface area (Å²) < 4.78 is 6.01. The first kappa shape index (κ1) is 13.9. The summed E-state index contributed by atoms with van der Waals surface area (Å²) in [5.41, 5.74) is 4.17. The molecule has 0 radical (unpaired) electrons. The number of thioether (sulfide) groups is 1. The fraction of sp³-hybridized carbons (Fsp3) is 0.316. The Morgan fingerprint density at radius 3 is 3.00 bits per heavy atom. The average Bonchev–Trinajstić information content (AvgIpc) is 2.53. The number of benzene rings is 1. The van der Waals surface area contributed by atoms with Gasteiger partial charge in [0, 0.05) is 5.25 Å². The van der Waals surface area contributed by atoms with Gasteiger partial charge in [-0.05, 0) is 50.3 Å². The molecule has 2 heterocycles. The summed E-state index contributed by atoms with van der Waals surface area (Å²) in [4.78, 5) is 12.7. The Morgan fingerprint density at radius 2 is 2.18 bits per heavy atom. The summed E-state index contributed by atoms with van der Waals surface area (Å²) >= 11 is 1.72. The molecule has 1 fully saturated rings. The third kappa shape index (κ3) is 2.15. The van der Waals surface area contributed by atoms with Gasteiger partial charge in [-0.2, -0.15) is 0 Å². The summed E-state index contributed by atoms with van der Waals surface area (Å²) in [6.45, 7) is 6.23. The highest BCUT2D eigenvalue weighted by Gasteiger charge is 2.32. The van der Waals surface area contributed by atoms with Crippen molar-refractivity contribution in [1.29, 1.82) is 0 Å². The van der Waals surface area contributed by atoms with E-state index in [0.29, 0.717) is 22.1 Å². The Morgan fingerprint density at radius 1 is 1.36 bits per heavy atom. The largest absolute Gasteiger partial charge is 0.449 e. The van der Waals surface area contributed by atoms with Crippen LogP contribution in [0.5, 0.6) is 0 Å². The molecule has 2 aliphatic rings. The quantitative estimate of drug-likeness (QED) is 0.692. The molecule has 0 saturated heterocycles. The molecule has 0 bridgehead atoms. The van der Waals surface area contributed by atoms with E-state index < -0.39 is 0 Å². The van der Waals surface area contributed by atoms with Crippen LogP contribution in [0, 0.1) is 5.92 Å². The van der Waals surface area contributed by atoms with E-state index in [1.807, 2.05) is 24.3 Å². The number of hydrogen-bond donors (Lipinski definition) is 0. The lowest BCUT2D eigenvalue weighted by atomic mass is 9.81. The van der Waals surface area contributed by atoms with E-state index in [2.05, 4.69) is 19.6 Å². The predicted molar refractivity (Wildman–Crippen MR) is 92.3 cm³/mol. The van der Waals surface area contributed by atoms with Gasteiger partial charge < -0.3 is 4.42 Å². The second-order valence-corrected chi connectivity index (χ2v) is 7.45. The van der Waals surface area contributed by atoms with Crippen LogP contribution < -0.4 is 5.43 Å². The highest BCUT2D eigenvalue weighted by atomic mass is 32.2. The predicted octanol–water partition coefficient (Wildman–Crippen LogP) is 5.03. The van der Waals surface area contributed by atoms with Crippen LogP contribution in [0.15, 0.2) is 56.3 Å². The minimum Gasteiger partial charge on any atom is -0.449 e. The summed E-state index contributed by atoms with van der Waals surface area (Å²) in [6, 6.07) is 7.50. The third-order valence-electron chi connectivity index (χ3n) is 4.77. The van der Waals surface area contributed by atoms with Crippen LogP contribution in [0.4, 0.5) is 0 Å². The van der Waals surface area contributed by atoms with Crippen LogP contribution >= 0.6 is 11.8 Å². The van der Waals surface area contributed by atoms with E-state index in [0.717, 1.165) is 29.9 Å². The molecule has 0 N–H and O–H groups in total. The standard InChI is InChI=1S/C19H18O2S/c1-11(2)12-7-8-13-9-15-18(20)14-5-3-4-6-16(14)21-19(15)22-17(13)10-12/h3-6,9,12,17H,1,7-8,10H2,2H3. The van der Waals surface area contributed by atoms with E-state index in [-0.39, 0.29) is 5.43 Å². The summed E-state index contributed by atoms with van der Waals surface area (Å²) in [7, 11) is 0. The van der Waals surface area contributed by atoms with E-state index in [9.17, 15) is 4.79 Å². The zero-order valence-electron chi connectivity index (χ0n) is 12.6. The zero-order valence-corrected chi connectivity index (χ0v) is 13.4. The lowest BCUT2D eigenvalue weighted by Gasteiger charge is -2.33. The van der Waals surface area contributed by atoms with Crippen LogP contribution in [0.25, 0.3) is 17.0 Å². The lowest BCUT2D eigenvalue weighted by Crippen LogP contribution is -2.24. The molecule has 0 spiro atoms. The SMILES string of the molecule is C=C(C)C1CCC2=Cc3c(oc4ccccc4c3=O)SC2C1. The molecule has 2 atom stereocenters. The van der Waals surface area contributed by atoms with Gasteiger partial charge in [0.1, 0.15) is 5.58 Å². The van der Waals surface area contributed by atoms with Crippen molar-refractivity contribution < 1.29 is 4.42 Å². The monoisotopic (exact) mass is 310 g/mol. The molecule has 1 aromatic heterocycles. The first-order valence-electron chi connectivity index (χ1n) is 7.72. The molecule has 2 nitrogen and oxygen atoms in total. The summed E-state index contributed by atoms with van der Waals surface area (Å²) in [5, 5.41) is 1.87. The lowest BCUT2D eigenvalue weighted by molar-refractivity contribution is 0.462. The molecule has 1 saturated carbocycles. The van der Waals surface area contributed by atoms with Crippen LogP contribution in [-0.2, 0) is 0 Å². The molecule has 1 aliphatic heterocycles. The van der Waals surface area contributed by atoms with Crippen molar-refractivity contribution in [1.82, 2.24) is 0 Å². The van der Waals surface area contributed by atoms with E-state index >= 15 is 0 Å². The maximum absolute atomic E-state index is 12.7. The van der Waals surface area contributed by atoms with Crippen molar-refractivity contribution in [2.45, 2.75) is 36.5 Å². The van der Waals surface area contributed by atoms with Crippen LogP contribution in [-0.4, -0.2) is 5.25 Å². The topological polar surface area (TPSA) is 30.2 Å². The molecule has 22 heavy (non-hydrogen) atoms. The van der Waals surface area contributed by atoms with Gasteiger partial charge in [0.05, 0.1) is 10.9 Å². The van der Waals surface area contributed by atoms with E-state index in [1.54, 1.807) is 11.8 Å². The molecule has 1 aromatic carbocycles. The summed E-state index contributed by atoms with van der Waals surface area (Å²) in [6.07, 6.45) is 5.39.